The van der Waals surface area contributed by atoms with E-state index in [9.17, 15) is 0 Å². The number of nitrogens with one attached hydrogen (secondary N) is 1. The van der Waals surface area contributed by atoms with Gasteiger partial charge in [0.2, 0.25) is 0 Å². The molecule has 0 saturated heterocycles. The standard InChI is InChI=1S/C15H23N5/c1-7-8-13-17-14(16-6)10(3)15(18-13)20-12(5)9(2)11(4)19-20/h7-8H2,1-6H3,(H,16,17,18). The van der Waals surface area contributed by atoms with Crippen LogP contribution in [0.15, 0.2) is 0 Å². The predicted molar refractivity (Wildman–Crippen MR) is 81.6 cm³/mol. The van der Waals surface area contributed by atoms with Gasteiger partial charge in [-0.25, -0.2) is 14.6 Å². The molecule has 108 valence electrons. The fourth-order valence-electron chi connectivity index (χ4n) is 2.26. The zero-order valence-electron chi connectivity index (χ0n) is 13.2. The molecule has 2 aromatic rings. The van der Waals surface area contributed by atoms with Gasteiger partial charge in [-0.3, -0.25) is 0 Å². The molecule has 0 fully saturated rings. The topological polar surface area (TPSA) is 55.6 Å². The van der Waals surface area contributed by atoms with Gasteiger partial charge >= 0.3 is 0 Å². The Morgan fingerprint density at radius 1 is 1.05 bits per heavy atom. The van der Waals surface area contributed by atoms with Crippen LogP contribution in [0.3, 0.4) is 0 Å². The Kier molecular flexibility index (Phi) is 4.06. The van der Waals surface area contributed by atoms with E-state index in [1.54, 1.807) is 0 Å². The van der Waals surface area contributed by atoms with Crippen LogP contribution in [0.5, 0.6) is 0 Å². The summed E-state index contributed by atoms with van der Waals surface area (Å²) < 4.78 is 1.93. The fourth-order valence-corrected chi connectivity index (χ4v) is 2.26. The Bertz CT molecular complexity index is 628. The molecule has 20 heavy (non-hydrogen) atoms. The van der Waals surface area contributed by atoms with Gasteiger partial charge in [-0.2, -0.15) is 5.10 Å². The molecule has 0 aliphatic carbocycles. The van der Waals surface area contributed by atoms with E-state index in [-0.39, 0.29) is 0 Å². The summed E-state index contributed by atoms with van der Waals surface area (Å²) in [6, 6.07) is 0. The quantitative estimate of drug-likeness (QED) is 0.930. The maximum absolute atomic E-state index is 4.71. The lowest BCUT2D eigenvalue weighted by Gasteiger charge is -2.13. The molecule has 2 rings (SSSR count). The normalized spacial score (nSPS) is 10.9. The Balaban J connectivity index is 2.65. The molecule has 2 aromatic heterocycles. The lowest BCUT2D eigenvalue weighted by Crippen LogP contribution is -2.11. The van der Waals surface area contributed by atoms with Gasteiger partial charge in [0, 0.05) is 24.7 Å². The SMILES string of the molecule is CCCc1nc(NC)c(C)c(-n2nc(C)c(C)c2C)n1. The van der Waals surface area contributed by atoms with Gasteiger partial charge in [-0.1, -0.05) is 6.92 Å². The predicted octanol–water partition coefficient (Wildman–Crippen LogP) is 2.89. The zero-order valence-corrected chi connectivity index (χ0v) is 13.2. The van der Waals surface area contributed by atoms with Crippen molar-refractivity contribution in [1.29, 1.82) is 0 Å². The van der Waals surface area contributed by atoms with Gasteiger partial charge in [0.1, 0.15) is 11.6 Å². The van der Waals surface area contributed by atoms with Crippen LogP contribution in [0.4, 0.5) is 5.82 Å². The van der Waals surface area contributed by atoms with Crippen LogP contribution in [-0.2, 0) is 6.42 Å². The summed E-state index contributed by atoms with van der Waals surface area (Å²) in [5.41, 5.74) is 4.42. The van der Waals surface area contributed by atoms with Crippen molar-refractivity contribution in [3.63, 3.8) is 0 Å². The third kappa shape index (κ3) is 2.40. The zero-order chi connectivity index (χ0) is 14.9. The highest BCUT2D eigenvalue weighted by Crippen LogP contribution is 2.22. The third-order valence-corrected chi connectivity index (χ3v) is 3.73. The summed E-state index contributed by atoms with van der Waals surface area (Å²) in [4.78, 5) is 9.27. The molecule has 0 aromatic carbocycles. The van der Waals surface area contributed by atoms with Crippen molar-refractivity contribution in [1.82, 2.24) is 19.7 Å². The molecular weight excluding hydrogens is 250 g/mol. The van der Waals surface area contributed by atoms with Gasteiger partial charge in [0.15, 0.2) is 5.82 Å². The molecule has 5 nitrogen and oxygen atoms in total. The van der Waals surface area contributed by atoms with E-state index in [1.807, 2.05) is 25.6 Å². The Hall–Kier alpha value is -1.91. The van der Waals surface area contributed by atoms with Crippen LogP contribution in [0.2, 0.25) is 0 Å². The molecular formula is C15H23N5. The highest BCUT2D eigenvalue weighted by molar-refractivity contribution is 5.52. The van der Waals surface area contributed by atoms with E-state index < -0.39 is 0 Å². The molecule has 0 aliphatic heterocycles. The monoisotopic (exact) mass is 273 g/mol. The lowest BCUT2D eigenvalue weighted by atomic mass is 10.2. The summed E-state index contributed by atoms with van der Waals surface area (Å²) in [7, 11) is 1.89. The van der Waals surface area contributed by atoms with Crippen LogP contribution >= 0.6 is 0 Å². The van der Waals surface area contributed by atoms with E-state index in [0.717, 1.165) is 47.3 Å². The van der Waals surface area contributed by atoms with Crippen molar-refractivity contribution in [3.05, 3.63) is 28.3 Å². The van der Waals surface area contributed by atoms with E-state index in [0.29, 0.717) is 0 Å². The maximum atomic E-state index is 4.71. The minimum absolute atomic E-state index is 0.864. The molecule has 0 amide bonds. The smallest absolute Gasteiger partial charge is 0.162 e. The van der Waals surface area contributed by atoms with Crippen molar-refractivity contribution in [2.75, 3.05) is 12.4 Å². The molecule has 0 atom stereocenters. The first-order chi connectivity index (χ1) is 9.49. The minimum atomic E-state index is 0.864. The van der Waals surface area contributed by atoms with Crippen molar-refractivity contribution in [3.8, 4) is 5.82 Å². The molecule has 0 bridgehead atoms. The molecule has 0 aliphatic rings. The van der Waals surface area contributed by atoms with E-state index in [2.05, 4.69) is 36.2 Å². The second kappa shape index (κ2) is 5.61. The largest absolute Gasteiger partial charge is 0.373 e. The molecule has 0 spiro atoms. The number of aryl methyl sites for hydroxylation is 2. The number of hydrogen-bond donors (Lipinski definition) is 1. The van der Waals surface area contributed by atoms with Crippen LogP contribution in [0.25, 0.3) is 5.82 Å². The van der Waals surface area contributed by atoms with E-state index in [1.165, 1.54) is 5.56 Å². The Morgan fingerprint density at radius 2 is 1.75 bits per heavy atom. The van der Waals surface area contributed by atoms with E-state index >= 15 is 0 Å². The molecule has 0 saturated carbocycles. The number of hydrogen-bond acceptors (Lipinski definition) is 4. The number of nitrogens with zero attached hydrogens (tertiary/aromatic N) is 4. The average molecular weight is 273 g/mol. The number of anilines is 1. The van der Waals surface area contributed by atoms with Crippen LogP contribution in [-0.4, -0.2) is 26.8 Å². The highest BCUT2D eigenvalue weighted by atomic mass is 15.3. The third-order valence-electron chi connectivity index (χ3n) is 3.73. The van der Waals surface area contributed by atoms with Gasteiger partial charge in [0.25, 0.3) is 0 Å². The van der Waals surface area contributed by atoms with Crippen molar-refractivity contribution >= 4 is 5.82 Å². The van der Waals surface area contributed by atoms with Gasteiger partial charge in [0.05, 0.1) is 5.69 Å². The van der Waals surface area contributed by atoms with Crippen LogP contribution in [0, 0.1) is 27.7 Å². The fraction of sp³-hybridized carbons (Fsp3) is 0.533. The second-order valence-corrected chi connectivity index (χ2v) is 5.14. The summed E-state index contributed by atoms with van der Waals surface area (Å²) in [6.07, 6.45) is 1.90. The van der Waals surface area contributed by atoms with Crippen molar-refractivity contribution in [2.45, 2.75) is 47.5 Å². The molecule has 1 N–H and O–H groups in total. The molecule has 0 radical (unpaired) electrons. The summed E-state index contributed by atoms with van der Waals surface area (Å²) in [6.45, 7) is 10.4. The van der Waals surface area contributed by atoms with Gasteiger partial charge in [-0.05, 0) is 39.7 Å². The van der Waals surface area contributed by atoms with Gasteiger partial charge < -0.3 is 5.32 Å². The first-order valence-electron chi connectivity index (χ1n) is 7.08. The summed E-state index contributed by atoms with van der Waals surface area (Å²) in [5.74, 6) is 2.62. The second-order valence-electron chi connectivity index (χ2n) is 5.14. The van der Waals surface area contributed by atoms with Crippen molar-refractivity contribution in [2.24, 2.45) is 0 Å². The lowest BCUT2D eigenvalue weighted by molar-refractivity contribution is 0.759. The number of rotatable bonds is 4. The molecule has 5 heteroatoms. The highest BCUT2D eigenvalue weighted by Gasteiger charge is 2.16. The van der Waals surface area contributed by atoms with Gasteiger partial charge in [-0.15, -0.1) is 0 Å². The number of aromatic nitrogens is 4. The minimum Gasteiger partial charge on any atom is -0.373 e. The van der Waals surface area contributed by atoms with Crippen LogP contribution in [0.1, 0.15) is 41.7 Å². The van der Waals surface area contributed by atoms with Crippen molar-refractivity contribution < 1.29 is 0 Å². The van der Waals surface area contributed by atoms with E-state index in [4.69, 9.17) is 4.98 Å². The Labute approximate surface area is 120 Å². The summed E-state index contributed by atoms with van der Waals surface area (Å²) in [5, 5.41) is 7.77. The molecule has 0 unspecified atom stereocenters. The summed E-state index contributed by atoms with van der Waals surface area (Å²) >= 11 is 0. The first kappa shape index (κ1) is 14.5. The average Bonchev–Trinajstić information content (AvgIpc) is 2.68. The van der Waals surface area contributed by atoms with Crippen LogP contribution < -0.4 is 5.32 Å². The maximum Gasteiger partial charge on any atom is 0.162 e. The first-order valence-corrected chi connectivity index (χ1v) is 7.08. The Morgan fingerprint density at radius 3 is 2.25 bits per heavy atom. The molecule has 2 heterocycles.